The smallest absolute Gasteiger partial charge is 1.00 e. The van der Waals surface area contributed by atoms with Crippen LogP contribution in [0.4, 0.5) is 0 Å². The van der Waals surface area contributed by atoms with Crippen molar-refractivity contribution >= 4 is 0 Å². The van der Waals surface area contributed by atoms with Gasteiger partial charge in [0.05, 0.1) is 0 Å². The second-order valence-electron chi connectivity index (χ2n) is 5.91. The van der Waals surface area contributed by atoms with E-state index in [1.807, 2.05) is 0 Å². The summed E-state index contributed by atoms with van der Waals surface area (Å²) in [5.74, 6) is 0. The van der Waals surface area contributed by atoms with Gasteiger partial charge in [-0.3, -0.25) is 0 Å². The third kappa shape index (κ3) is 3.96. The Bertz CT molecular complexity index is 459. The van der Waals surface area contributed by atoms with Crippen LogP contribution in [0.5, 0.6) is 0 Å². The molecule has 0 fully saturated rings. The van der Waals surface area contributed by atoms with E-state index in [-0.39, 0.29) is 34.0 Å². The molecule has 0 amide bonds. The van der Waals surface area contributed by atoms with Crippen LogP contribution in [0.25, 0.3) is 0 Å². The van der Waals surface area contributed by atoms with E-state index in [4.69, 9.17) is 0 Å². The van der Waals surface area contributed by atoms with E-state index in [2.05, 4.69) is 65.0 Å². The van der Waals surface area contributed by atoms with Gasteiger partial charge in [0.15, 0.2) is 0 Å². The van der Waals surface area contributed by atoms with Gasteiger partial charge in [0.25, 0.3) is 0 Å². The summed E-state index contributed by atoms with van der Waals surface area (Å²) in [6, 6.07) is 0. The van der Waals surface area contributed by atoms with E-state index in [1.165, 1.54) is 24.0 Å². The SMILES string of the molecule is CCC[C]1([Zr+2][C]2(C)C=C(C)C(C)=C2C)C=CC=C1.[Br-].[Br-]. The molecule has 110 valence electrons. The minimum atomic E-state index is -0.600. The molecular formula is C17H24Br2Zr. The van der Waals surface area contributed by atoms with Crippen LogP contribution in [0.2, 0.25) is 6.25 Å². The third-order valence-electron chi connectivity index (χ3n) is 4.49. The van der Waals surface area contributed by atoms with E-state index in [0.29, 0.717) is 6.25 Å². The van der Waals surface area contributed by atoms with Gasteiger partial charge in [-0.05, 0) is 0 Å². The monoisotopic (exact) mass is 476 g/mol. The molecule has 0 bridgehead atoms. The standard InChI is InChI=1S/C9H13.C8H11.2BrH.Zr/c1-6-5-7(2)9(4)8(6)3;1-2-5-8-6-3-4-7-8;;;/h5H,1-4H3;3-4,6-7H,2,5H2,1H3;2*1H;/q;;;;+2/p-2. The van der Waals surface area contributed by atoms with Gasteiger partial charge >= 0.3 is 124 Å². The summed E-state index contributed by atoms with van der Waals surface area (Å²) in [6.45, 7) is 11.7. The molecule has 2 aliphatic carbocycles. The molecule has 0 aromatic rings. The average Bonchev–Trinajstić information content (AvgIpc) is 2.81. The normalized spacial score (nSPS) is 25.9. The molecule has 0 N–H and O–H groups in total. The van der Waals surface area contributed by atoms with Gasteiger partial charge in [-0.2, -0.15) is 0 Å². The Hall–Kier alpha value is 0.803. The molecule has 0 saturated heterocycles. The summed E-state index contributed by atoms with van der Waals surface area (Å²) in [6.07, 6.45) is 14.7. The molecule has 0 aromatic heterocycles. The van der Waals surface area contributed by atoms with Crippen LogP contribution in [0.1, 0.15) is 47.5 Å². The fourth-order valence-corrected chi connectivity index (χ4v) is 9.00. The molecule has 0 radical (unpaired) electrons. The molecule has 1 unspecified atom stereocenters. The van der Waals surface area contributed by atoms with E-state index in [1.54, 1.807) is 5.57 Å². The Kier molecular flexibility index (Phi) is 8.20. The Morgan fingerprint density at radius 1 is 1.05 bits per heavy atom. The van der Waals surface area contributed by atoms with Crippen molar-refractivity contribution in [2.45, 2.75) is 53.7 Å². The molecule has 1 atom stereocenters. The molecule has 0 nitrogen and oxygen atoms in total. The first-order valence-corrected chi connectivity index (χ1v) is 9.42. The zero-order chi connectivity index (χ0) is 13.4. The third-order valence-corrected chi connectivity index (χ3v) is 9.62. The van der Waals surface area contributed by atoms with Crippen LogP contribution < -0.4 is 34.0 Å². The zero-order valence-electron chi connectivity index (χ0n) is 13.1. The number of halogens is 2. The molecular weight excluding hydrogens is 455 g/mol. The van der Waals surface area contributed by atoms with Gasteiger partial charge < -0.3 is 34.0 Å². The number of hydrogen-bond acceptors (Lipinski definition) is 0. The first-order valence-electron chi connectivity index (χ1n) is 6.97. The van der Waals surface area contributed by atoms with Crippen molar-refractivity contribution in [3.05, 3.63) is 47.1 Å². The maximum atomic E-state index is 2.56. The van der Waals surface area contributed by atoms with Gasteiger partial charge in [-0.15, -0.1) is 0 Å². The van der Waals surface area contributed by atoms with Crippen molar-refractivity contribution in [3.8, 4) is 0 Å². The van der Waals surface area contributed by atoms with Crippen LogP contribution in [0, 0.1) is 0 Å². The van der Waals surface area contributed by atoms with Crippen molar-refractivity contribution in [1.29, 1.82) is 0 Å². The van der Waals surface area contributed by atoms with E-state index < -0.39 is 23.2 Å². The van der Waals surface area contributed by atoms with Gasteiger partial charge in [-0.25, -0.2) is 0 Å². The van der Waals surface area contributed by atoms with Crippen molar-refractivity contribution in [1.82, 2.24) is 0 Å². The average molecular weight is 479 g/mol. The van der Waals surface area contributed by atoms with Crippen molar-refractivity contribution in [2.75, 3.05) is 0 Å². The quantitative estimate of drug-likeness (QED) is 0.517. The minimum Gasteiger partial charge on any atom is -1.00 e. The molecule has 0 saturated carbocycles. The van der Waals surface area contributed by atoms with Gasteiger partial charge in [0, 0.05) is 0 Å². The molecule has 0 heterocycles. The number of hydrogen-bond donors (Lipinski definition) is 0. The maximum absolute atomic E-state index is 2.56. The minimum absolute atomic E-state index is 0. The van der Waals surface area contributed by atoms with E-state index >= 15 is 0 Å². The first-order chi connectivity index (χ1) is 8.42. The molecule has 2 rings (SSSR count). The van der Waals surface area contributed by atoms with Gasteiger partial charge in [-0.1, -0.05) is 0 Å². The molecule has 0 spiro atoms. The fraction of sp³-hybridized carbons (Fsp3) is 0.529. The van der Waals surface area contributed by atoms with Crippen LogP contribution in [-0.4, -0.2) is 0 Å². The van der Waals surface area contributed by atoms with Gasteiger partial charge in [0.2, 0.25) is 0 Å². The van der Waals surface area contributed by atoms with E-state index in [0.717, 1.165) is 0 Å². The van der Waals surface area contributed by atoms with Crippen LogP contribution >= 0.6 is 0 Å². The summed E-state index contributed by atoms with van der Waals surface area (Å²) < 4.78 is 0.862. The molecule has 0 aliphatic heterocycles. The molecule has 2 aliphatic rings. The Morgan fingerprint density at radius 3 is 2.00 bits per heavy atom. The largest absolute Gasteiger partial charge is 1.00 e. The van der Waals surface area contributed by atoms with Crippen molar-refractivity contribution in [2.24, 2.45) is 0 Å². The molecule has 3 heteroatoms. The number of allylic oxidation sites excluding steroid dienone is 8. The zero-order valence-corrected chi connectivity index (χ0v) is 18.7. The van der Waals surface area contributed by atoms with Gasteiger partial charge in [0.1, 0.15) is 0 Å². The van der Waals surface area contributed by atoms with Crippen LogP contribution in [0.3, 0.4) is 0 Å². The van der Waals surface area contributed by atoms with Crippen LogP contribution in [0.15, 0.2) is 47.1 Å². The Morgan fingerprint density at radius 2 is 1.60 bits per heavy atom. The predicted octanol–water partition coefficient (Wildman–Crippen LogP) is -0.363. The molecule has 0 aromatic carbocycles. The summed E-state index contributed by atoms with van der Waals surface area (Å²) in [7, 11) is 0. The van der Waals surface area contributed by atoms with Crippen molar-refractivity contribution < 1.29 is 57.2 Å². The van der Waals surface area contributed by atoms with E-state index in [9.17, 15) is 0 Å². The Labute approximate surface area is 157 Å². The summed E-state index contributed by atoms with van der Waals surface area (Å²) in [5, 5.41) is 0. The second-order valence-corrected chi connectivity index (χ2v) is 11.4. The topological polar surface area (TPSA) is 0 Å². The van der Waals surface area contributed by atoms with Crippen molar-refractivity contribution in [3.63, 3.8) is 0 Å². The fourth-order valence-electron chi connectivity index (χ4n) is 3.18. The maximum Gasteiger partial charge on any atom is -1.00 e. The first kappa shape index (κ1) is 20.8. The summed E-state index contributed by atoms with van der Waals surface area (Å²) in [5.41, 5.74) is 4.68. The molecule has 20 heavy (non-hydrogen) atoms. The summed E-state index contributed by atoms with van der Waals surface area (Å²) in [4.78, 5) is 0. The Balaban J connectivity index is 0.00000180. The summed E-state index contributed by atoms with van der Waals surface area (Å²) >= 11 is -0.600. The second kappa shape index (κ2) is 7.88. The number of rotatable bonds is 4. The predicted molar refractivity (Wildman–Crippen MR) is 76.4 cm³/mol. The van der Waals surface area contributed by atoms with Crippen LogP contribution in [-0.2, 0) is 23.2 Å².